The van der Waals surface area contributed by atoms with Crippen LogP contribution in [0.3, 0.4) is 0 Å². The number of carbonyl (C=O) groups excluding carboxylic acids is 1. The Labute approximate surface area is 98.7 Å². The molecule has 0 spiro atoms. The van der Waals surface area contributed by atoms with E-state index in [1.54, 1.807) is 13.0 Å². The summed E-state index contributed by atoms with van der Waals surface area (Å²) in [4.78, 5) is 11.3. The minimum atomic E-state index is -0.638. The summed E-state index contributed by atoms with van der Waals surface area (Å²) in [7, 11) is 0. The maximum absolute atomic E-state index is 11.3. The molecule has 16 heavy (non-hydrogen) atoms. The number of furan rings is 1. The molecule has 0 aliphatic carbocycles. The third kappa shape index (κ3) is 1.99. The number of hydrogen-bond donors (Lipinski definition) is 0. The molecule has 0 aliphatic rings. The van der Waals surface area contributed by atoms with E-state index in [-0.39, 0.29) is 18.4 Å². The molecule has 2 aromatic rings. The molecule has 0 fully saturated rings. The minimum absolute atomic E-state index is 0.176. The highest BCUT2D eigenvalue weighted by Crippen LogP contribution is 2.27. The molecule has 6 nitrogen and oxygen atoms in total. The van der Waals surface area contributed by atoms with E-state index >= 15 is 0 Å². The van der Waals surface area contributed by atoms with Crippen molar-refractivity contribution in [3.63, 3.8) is 0 Å². The van der Waals surface area contributed by atoms with Crippen molar-refractivity contribution in [2.45, 2.75) is 6.92 Å². The van der Waals surface area contributed by atoms with E-state index in [9.17, 15) is 4.79 Å². The molecule has 0 aliphatic heterocycles. The van der Waals surface area contributed by atoms with Crippen LogP contribution >= 0.6 is 15.9 Å². The summed E-state index contributed by atoms with van der Waals surface area (Å²) < 4.78 is 15.3. The molecule has 0 atom stereocenters. The van der Waals surface area contributed by atoms with E-state index < -0.39 is 5.97 Å². The molecule has 7 heteroatoms. The Kier molecular flexibility index (Phi) is 3.04. The molecule has 84 valence electrons. The lowest BCUT2D eigenvalue weighted by atomic mass is 10.3. The van der Waals surface area contributed by atoms with Crippen molar-refractivity contribution in [3.05, 3.63) is 22.9 Å². The van der Waals surface area contributed by atoms with Crippen LogP contribution in [0.4, 0.5) is 0 Å². The topological polar surface area (TPSA) is 78.4 Å². The summed E-state index contributed by atoms with van der Waals surface area (Å²) in [5.41, 5.74) is 0.586. The Morgan fingerprint density at radius 1 is 1.56 bits per heavy atom. The zero-order valence-corrected chi connectivity index (χ0v) is 9.85. The number of carbonyl (C=O) groups is 1. The highest BCUT2D eigenvalue weighted by Gasteiger charge is 2.19. The molecule has 0 amide bonds. The van der Waals surface area contributed by atoms with E-state index in [0.29, 0.717) is 10.2 Å². The molecule has 0 N–H and O–H groups in total. The average molecular weight is 287 g/mol. The Bertz CT molecular complexity index is 505. The number of ether oxygens (including phenoxy) is 1. The SMILES string of the molecule is CCOC(=O)c1nnc(-c2ccoc2Br)o1. The van der Waals surface area contributed by atoms with Crippen LogP contribution in [0, 0.1) is 0 Å². The maximum Gasteiger partial charge on any atom is 0.396 e. The van der Waals surface area contributed by atoms with Crippen LogP contribution in [-0.2, 0) is 4.74 Å². The van der Waals surface area contributed by atoms with Gasteiger partial charge in [0.05, 0.1) is 18.4 Å². The van der Waals surface area contributed by atoms with Crippen molar-refractivity contribution in [2.75, 3.05) is 6.61 Å². The smallest absolute Gasteiger partial charge is 0.396 e. The second-order valence-electron chi connectivity index (χ2n) is 2.74. The van der Waals surface area contributed by atoms with Crippen LogP contribution < -0.4 is 0 Å². The van der Waals surface area contributed by atoms with Gasteiger partial charge in [-0.2, -0.15) is 0 Å². The van der Waals surface area contributed by atoms with Gasteiger partial charge < -0.3 is 13.6 Å². The molecule has 2 aromatic heterocycles. The highest BCUT2D eigenvalue weighted by molar-refractivity contribution is 9.10. The molecule has 0 aromatic carbocycles. The van der Waals surface area contributed by atoms with Crippen LogP contribution in [0.25, 0.3) is 11.5 Å². The molecule has 0 saturated heterocycles. The van der Waals surface area contributed by atoms with Gasteiger partial charge in [0.15, 0.2) is 4.67 Å². The van der Waals surface area contributed by atoms with Gasteiger partial charge >= 0.3 is 11.9 Å². The van der Waals surface area contributed by atoms with Gasteiger partial charge in [-0.25, -0.2) is 4.79 Å². The first kappa shape index (κ1) is 10.9. The normalized spacial score (nSPS) is 10.4. The highest BCUT2D eigenvalue weighted by atomic mass is 79.9. The van der Waals surface area contributed by atoms with Gasteiger partial charge in [-0.15, -0.1) is 10.2 Å². The van der Waals surface area contributed by atoms with E-state index in [1.807, 2.05) is 0 Å². The minimum Gasteiger partial charge on any atom is -0.459 e. The van der Waals surface area contributed by atoms with Crippen molar-refractivity contribution in [1.29, 1.82) is 0 Å². The lowest BCUT2D eigenvalue weighted by Gasteiger charge is -1.94. The molecular formula is C9H7BrN2O4. The van der Waals surface area contributed by atoms with E-state index in [0.717, 1.165) is 0 Å². The number of halogens is 1. The zero-order valence-electron chi connectivity index (χ0n) is 8.27. The quantitative estimate of drug-likeness (QED) is 0.806. The summed E-state index contributed by atoms with van der Waals surface area (Å²) in [6, 6.07) is 1.65. The van der Waals surface area contributed by atoms with Crippen molar-refractivity contribution in [2.24, 2.45) is 0 Å². The Morgan fingerprint density at radius 2 is 2.38 bits per heavy atom. The number of aromatic nitrogens is 2. The van der Waals surface area contributed by atoms with Crippen molar-refractivity contribution in [1.82, 2.24) is 10.2 Å². The molecule has 0 radical (unpaired) electrons. The number of hydrogen-bond acceptors (Lipinski definition) is 6. The van der Waals surface area contributed by atoms with Crippen LogP contribution in [0.2, 0.25) is 0 Å². The van der Waals surface area contributed by atoms with Gasteiger partial charge in [-0.3, -0.25) is 0 Å². The van der Waals surface area contributed by atoms with E-state index in [4.69, 9.17) is 13.6 Å². The second-order valence-corrected chi connectivity index (χ2v) is 3.46. The first-order chi connectivity index (χ1) is 7.72. The maximum atomic E-state index is 11.3. The summed E-state index contributed by atoms with van der Waals surface area (Å²) in [6.07, 6.45) is 1.47. The van der Waals surface area contributed by atoms with Crippen LogP contribution in [0.1, 0.15) is 17.6 Å². The molecular weight excluding hydrogens is 280 g/mol. The van der Waals surface area contributed by atoms with Crippen molar-refractivity contribution < 1.29 is 18.4 Å². The van der Waals surface area contributed by atoms with Crippen molar-refractivity contribution >= 4 is 21.9 Å². The lowest BCUT2D eigenvalue weighted by Crippen LogP contribution is -2.04. The predicted octanol–water partition coefficient (Wildman–Crippen LogP) is 2.27. The summed E-state index contributed by atoms with van der Waals surface area (Å²) in [5.74, 6) is -0.616. The largest absolute Gasteiger partial charge is 0.459 e. The lowest BCUT2D eigenvalue weighted by molar-refractivity contribution is 0.0481. The summed E-state index contributed by atoms with van der Waals surface area (Å²) in [5, 5.41) is 7.29. The van der Waals surface area contributed by atoms with Crippen LogP contribution in [0.5, 0.6) is 0 Å². The Hall–Kier alpha value is -1.63. The zero-order chi connectivity index (χ0) is 11.5. The van der Waals surface area contributed by atoms with Gasteiger partial charge in [0.25, 0.3) is 5.89 Å². The molecule has 0 saturated carbocycles. The first-order valence-electron chi connectivity index (χ1n) is 4.46. The molecule has 0 bridgehead atoms. The standard InChI is InChI=1S/C9H7BrN2O4/c1-2-14-9(13)8-12-11-7(16-8)5-3-4-15-6(5)10/h3-4H,2H2,1H3. The monoisotopic (exact) mass is 286 g/mol. The first-order valence-corrected chi connectivity index (χ1v) is 5.25. The summed E-state index contributed by atoms with van der Waals surface area (Å²) >= 11 is 3.17. The third-order valence-corrected chi connectivity index (χ3v) is 2.34. The van der Waals surface area contributed by atoms with Crippen LogP contribution in [0.15, 0.2) is 25.8 Å². The average Bonchev–Trinajstić information content (AvgIpc) is 2.86. The number of nitrogens with zero attached hydrogens (tertiary/aromatic N) is 2. The molecule has 2 heterocycles. The molecule has 0 unspecified atom stereocenters. The number of esters is 1. The third-order valence-electron chi connectivity index (χ3n) is 1.72. The fourth-order valence-electron chi connectivity index (χ4n) is 1.05. The molecule has 2 rings (SSSR count). The second kappa shape index (κ2) is 4.48. The Balaban J connectivity index is 2.26. The fraction of sp³-hybridized carbons (Fsp3) is 0.222. The van der Waals surface area contributed by atoms with Gasteiger partial charge in [-0.1, -0.05) is 0 Å². The van der Waals surface area contributed by atoms with Gasteiger partial charge in [0.1, 0.15) is 0 Å². The van der Waals surface area contributed by atoms with E-state index in [1.165, 1.54) is 6.26 Å². The van der Waals surface area contributed by atoms with Crippen LogP contribution in [-0.4, -0.2) is 22.8 Å². The fourth-order valence-corrected chi connectivity index (χ4v) is 1.46. The summed E-state index contributed by atoms with van der Waals surface area (Å²) in [6.45, 7) is 1.95. The van der Waals surface area contributed by atoms with Gasteiger partial charge in [0.2, 0.25) is 0 Å². The predicted molar refractivity (Wildman–Crippen MR) is 55.7 cm³/mol. The number of rotatable bonds is 3. The van der Waals surface area contributed by atoms with Gasteiger partial charge in [0, 0.05) is 0 Å². The van der Waals surface area contributed by atoms with Gasteiger partial charge in [-0.05, 0) is 28.9 Å². The van der Waals surface area contributed by atoms with E-state index in [2.05, 4.69) is 26.1 Å². The Morgan fingerprint density at radius 3 is 3.00 bits per heavy atom. The van der Waals surface area contributed by atoms with Crippen molar-refractivity contribution in [3.8, 4) is 11.5 Å².